The summed E-state index contributed by atoms with van der Waals surface area (Å²) in [6.07, 6.45) is 5.65. The Morgan fingerprint density at radius 2 is 2.14 bits per heavy atom. The lowest BCUT2D eigenvalue weighted by Crippen LogP contribution is -1.86. The van der Waals surface area contributed by atoms with E-state index in [4.69, 9.17) is 4.74 Å². The lowest BCUT2D eigenvalue weighted by atomic mass is 10.2. The first kappa shape index (κ1) is 8.69. The van der Waals surface area contributed by atoms with Gasteiger partial charge in [0.2, 0.25) is 0 Å². The summed E-state index contributed by atoms with van der Waals surface area (Å²) >= 11 is 0. The fraction of sp³-hybridized carbons (Fsp3) is 0.0909. The molecule has 1 heterocycles. The summed E-state index contributed by atoms with van der Waals surface area (Å²) in [5.74, 6) is 0. The molecule has 0 saturated carbocycles. The largest absolute Gasteiger partial charge is 0.494 e. The zero-order valence-corrected chi connectivity index (χ0v) is 7.55. The van der Waals surface area contributed by atoms with Crippen LogP contribution in [0.5, 0.6) is 0 Å². The molecule has 0 unspecified atom stereocenters. The molecule has 69 valence electrons. The van der Waals surface area contributed by atoms with Gasteiger partial charge in [-0.05, 0) is 5.56 Å². The first-order valence-electron chi connectivity index (χ1n) is 4.29. The van der Waals surface area contributed by atoms with Gasteiger partial charge in [-0.15, -0.1) is 0 Å². The molecule has 0 spiro atoms. The predicted molar refractivity (Wildman–Crippen MR) is 55.2 cm³/mol. The van der Waals surface area contributed by atoms with E-state index in [1.165, 1.54) is 0 Å². The minimum atomic E-state index is 0.549. The molecule has 0 aromatic heterocycles. The summed E-state index contributed by atoms with van der Waals surface area (Å²) in [7, 11) is 0. The molecule has 14 heavy (non-hydrogen) atoms. The average Bonchev–Trinajstić information content (AvgIpc) is 2.72. The number of aliphatic imine (C=N–C) groups is 2. The van der Waals surface area contributed by atoms with Gasteiger partial charge in [0.25, 0.3) is 0 Å². The van der Waals surface area contributed by atoms with Crippen LogP contribution in [0, 0.1) is 0 Å². The quantitative estimate of drug-likeness (QED) is 0.663. The van der Waals surface area contributed by atoms with Crippen molar-refractivity contribution in [3.8, 4) is 0 Å². The van der Waals surface area contributed by atoms with E-state index in [-0.39, 0.29) is 0 Å². The van der Waals surface area contributed by atoms with Crippen LogP contribution in [0.2, 0.25) is 0 Å². The molecular formula is C11H9N2O. The molecule has 1 aliphatic rings. The standard InChI is InChI=1S/C11H9N2O/c1-2-4-10(5-3-1)7-14-8-11-6-12-9-13-11/h1-6,8H,7H2. The van der Waals surface area contributed by atoms with Crippen molar-refractivity contribution in [2.75, 3.05) is 0 Å². The second kappa shape index (κ2) is 4.37. The third-order valence-corrected chi connectivity index (χ3v) is 1.73. The number of benzene rings is 1. The molecule has 0 N–H and O–H groups in total. The zero-order chi connectivity index (χ0) is 9.64. The molecule has 3 nitrogen and oxygen atoms in total. The number of ether oxygens (including phenoxy) is 1. The van der Waals surface area contributed by atoms with E-state index in [1.54, 1.807) is 12.5 Å². The normalized spacial score (nSPS) is 16.4. The molecule has 0 saturated heterocycles. The molecule has 1 radical (unpaired) electrons. The van der Waals surface area contributed by atoms with E-state index in [0.717, 1.165) is 5.56 Å². The van der Waals surface area contributed by atoms with E-state index in [9.17, 15) is 0 Å². The van der Waals surface area contributed by atoms with Gasteiger partial charge in [0.05, 0.1) is 6.21 Å². The van der Waals surface area contributed by atoms with Gasteiger partial charge in [0.15, 0.2) is 6.34 Å². The van der Waals surface area contributed by atoms with Gasteiger partial charge in [0.1, 0.15) is 18.6 Å². The summed E-state index contributed by atoms with van der Waals surface area (Å²) in [5, 5.41) is 0. The van der Waals surface area contributed by atoms with Crippen molar-refractivity contribution < 1.29 is 4.74 Å². The molecule has 0 atom stereocenters. The van der Waals surface area contributed by atoms with Gasteiger partial charge >= 0.3 is 0 Å². The molecule has 1 aromatic carbocycles. The summed E-state index contributed by atoms with van der Waals surface area (Å²) in [6, 6.07) is 9.96. The molecule has 1 aromatic rings. The van der Waals surface area contributed by atoms with Gasteiger partial charge in [-0.1, -0.05) is 30.3 Å². The maximum Gasteiger partial charge on any atom is 0.198 e. The Balaban J connectivity index is 1.87. The Labute approximate surface area is 82.5 Å². The van der Waals surface area contributed by atoms with Crippen LogP contribution >= 0.6 is 0 Å². The Morgan fingerprint density at radius 1 is 1.29 bits per heavy atom. The van der Waals surface area contributed by atoms with E-state index in [0.29, 0.717) is 12.3 Å². The van der Waals surface area contributed by atoms with Crippen molar-refractivity contribution in [3.05, 3.63) is 47.9 Å². The lowest BCUT2D eigenvalue weighted by Gasteiger charge is -2.00. The maximum atomic E-state index is 5.32. The second-order valence-corrected chi connectivity index (χ2v) is 2.81. The molecule has 0 amide bonds. The van der Waals surface area contributed by atoms with Gasteiger partial charge in [0, 0.05) is 0 Å². The molecule has 0 fully saturated rings. The van der Waals surface area contributed by atoms with Crippen LogP contribution in [-0.2, 0) is 11.3 Å². The fourth-order valence-electron chi connectivity index (χ4n) is 1.06. The van der Waals surface area contributed by atoms with Gasteiger partial charge in [-0.25, -0.2) is 9.98 Å². The van der Waals surface area contributed by atoms with Crippen LogP contribution in [0.3, 0.4) is 0 Å². The van der Waals surface area contributed by atoms with Crippen LogP contribution in [0.4, 0.5) is 0 Å². The SMILES string of the molecule is [C]1=NC(=COCc2ccccc2)C=N1. The van der Waals surface area contributed by atoms with Crippen LogP contribution in [0.1, 0.15) is 5.56 Å². The van der Waals surface area contributed by atoms with Gasteiger partial charge in [-0.3, -0.25) is 0 Å². The highest BCUT2D eigenvalue weighted by Gasteiger charge is 1.95. The molecule has 0 aliphatic carbocycles. The fourth-order valence-corrected chi connectivity index (χ4v) is 1.06. The van der Waals surface area contributed by atoms with Gasteiger partial charge in [-0.2, -0.15) is 0 Å². The maximum absolute atomic E-state index is 5.32. The number of hydrogen-bond acceptors (Lipinski definition) is 3. The minimum absolute atomic E-state index is 0.549. The smallest absolute Gasteiger partial charge is 0.198 e. The summed E-state index contributed by atoms with van der Waals surface area (Å²) in [6.45, 7) is 0.549. The Hall–Kier alpha value is -1.90. The monoisotopic (exact) mass is 185 g/mol. The van der Waals surface area contributed by atoms with Crippen LogP contribution in [-0.4, -0.2) is 12.6 Å². The van der Waals surface area contributed by atoms with Crippen LogP contribution < -0.4 is 0 Å². The van der Waals surface area contributed by atoms with Crippen molar-refractivity contribution in [2.45, 2.75) is 6.61 Å². The van der Waals surface area contributed by atoms with E-state index in [1.807, 2.05) is 30.3 Å². The Kier molecular flexibility index (Phi) is 2.71. The third kappa shape index (κ3) is 2.29. The Morgan fingerprint density at radius 3 is 2.86 bits per heavy atom. The highest BCUT2D eigenvalue weighted by molar-refractivity contribution is 5.91. The molecule has 3 heteroatoms. The predicted octanol–water partition coefficient (Wildman–Crippen LogP) is 2.03. The first-order chi connectivity index (χ1) is 6.95. The first-order valence-corrected chi connectivity index (χ1v) is 4.29. The summed E-state index contributed by atoms with van der Waals surface area (Å²) < 4.78 is 5.32. The molecule has 2 rings (SSSR count). The average molecular weight is 185 g/mol. The van der Waals surface area contributed by atoms with Crippen molar-refractivity contribution >= 4 is 12.6 Å². The van der Waals surface area contributed by atoms with E-state index in [2.05, 4.69) is 16.3 Å². The van der Waals surface area contributed by atoms with Crippen molar-refractivity contribution in [1.82, 2.24) is 0 Å². The van der Waals surface area contributed by atoms with Crippen molar-refractivity contribution in [3.63, 3.8) is 0 Å². The molecule has 1 aliphatic heterocycles. The summed E-state index contributed by atoms with van der Waals surface area (Å²) in [5.41, 5.74) is 1.83. The molecular weight excluding hydrogens is 176 g/mol. The highest BCUT2D eigenvalue weighted by atomic mass is 16.5. The lowest BCUT2D eigenvalue weighted by molar-refractivity contribution is 0.235. The van der Waals surface area contributed by atoms with Gasteiger partial charge < -0.3 is 4.74 Å². The third-order valence-electron chi connectivity index (χ3n) is 1.73. The number of nitrogens with zero attached hydrogens (tertiary/aromatic N) is 2. The minimum Gasteiger partial charge on any atom is -0.494 e. The number of allylic oxidation sites excluding steroid dienone is 1. The van der Waals surface area contributed by atoms with E-state index < -0.39 is 0 Å². The summed E-state index contributed by atoms with van der Waals surface area (Å²) in [4.78, 5) is 7.53. The highest BCUT2D eigenvalue weighted by Crippen LogP contribution is 2.03. The van der Waals surface area contributed by atoms with E-state index >= 15 is 0 Å². The topological polar surface area (TPSA) is 34.0 Å². The van der Waals surface area contributed by atoms with Crippen molar-refractivity contribution in [2.24, 2.45) is 9.98 Å². The Bertz CT molecular complexity index is 366. The van der Waals surface area contributed by atoms with Crippen LogP contribution in [0.25, 0.3) is 0 Å². The molecule has 0 bridgehead atoms. The van der Waals surface area contributed by atoms with Crippen molar-refractivity contribution in [1.29, 1.82) is 0 Å². The second-order valence-electron chi connectivity index (χ2n) is 2.81. The number of hydrogen-bond donors (Lipinski definition) is 0. The van der Waals surface area contributed by atoms with Crippen LogP contribution in [0.15, 0.2) is 52.3 Å². The zero-order valence-electron chi connectivity index (χ0n) is 7.55. The number of rotatable bonds is 3.